The number of amides is 1. The number of hydrogen-bond acceptors (Lipinski definition) is 4. The highest BCUT2D eigenvalue weighted by molar-refractivity contribution is 8.16. The Hall–Kier alpha value is -2.15. The van der Waals surface area contributed by atoms with Crippen molar-refractivity contribution in [2.75, 3.05) is 0 Å². The number of hydrazine groups is 1. The van der Waals surface area contributed by atoms with Crippen LogP contribution in [0.15, 0.2) is 64.6 Å². The minimum absolute atomic E-state index is 0.195. The molecule has 2 heterocycles. The number of carbonyl (C=O) groups excluding carboxylic acids is 1. The van der Waals surface area contributed by atoms with Gasteiger partial charge in [0.25, 0.3) is 5.91 Å². The predicted octanol–water partition coefficient (Wildman–Crippen LogP) is 4.61. The molecule has 138 valence electrons. The number of rotatable bonds is 4. The monoisotopic (exact) mass is 401 g/mol. The number of hydrogen-bond donors (Lipinski definition) is 0. The number of fused-ring (bicyclic) bond motifs is 1. The van der Waals surface area contributed by atoms with Crippen LogP contribution in [-0.2, 0) is 17.8 Å². The normalized spacial score (nSPS) is 19.7. The molecular weight excluding hydrogens is 385 g/mol. The largest absolute Gasteiger partial charge is 0.271 e. The third-order valence-electron chi connectivity index (χ3n) is 4.59. The summed E-state index contributed by atoms with van der Waals surface area (Å²) in [4.78, 5) is 17.1. The summed E-state index contributed by atoms with van der Waals surface area (Å²) in [6, 6.07) is 13.4. The molecule has 0 saturated heterocycles. The van der Waals surface area contributed by atoms with Crippen LogP contribution in [0.3, 0.4) is 0 Å². The average molecular weight is 402 g/mol. The van der Waals surface area contributed by atoms with Crippen LogP contribution in [0.1, 0.15) is 18.1 Å². The van der Waals surface area contributed by atoms with Gasteiger partial charge in [-0.15, -0.1) is 0 Å². The summed E-state index contributed by atoms with van der Waals surface area (Å²) in [5, 5.41) is 7.21. The summed E-state index contributed by atoms with van der Waals surface area (Å²) in [5.41, 5.74) is 2.81. The van der Waals surface area contributed by atoms with E-state index in [0.29, 0.717) is 23.2 Å². The number of nitrogens with zero attached hydrogens (tertiary/aromatic N) is 3. The molecule has 2 aliphatic heterocycles. The van der Waals surface area contributed by atoms with Crippen LogP contribution in [0.4, 0.5) is 4.39 Å². The third kappa shape index (κ3) is 3.65. The standard InChI is InChI=1S/C20H17ClFN3OS/c1-13-12-27-20-23-19(26)18(10-15-4-2-3-5-17(15)21)24(25(13)20)11-14-6-8-16(22)9-7-14/h2-9,12,18H,10-11H2,1H3. The van der Waals surface area contributed by atoms with Crippen molar-refractivity contribution in [1.82, 2.24) is 10.0 Å². The molecule has 4 nitrogen and oxygen atoms in total. The third-order valence-corrected chi connectivity index (χ3v) is 5.89. The molecule has 2 aromatic rings. The smallest absolute Gasteiger partial charge is 0.267 e. The molecule has 27 heavy (non-hydrogen) atoms. The first-order valence-electron chi connectivity index (χ1n) is 8.53. The van der Waals surface area contributed by atoms with Crippen LogP contribution >= 0.6 is 23.4 Å². The fourth-order valence-electron chi connectivity index (χ4n) is 3.23. The molecular formula is C20H17ClFN3OS. The van der Waals surface area contributed by atoms with Gasteiger partial charge in [-0.3, -0.25) is 9.80 Å². The van der Waals surface area contributed by atoms with Gasteiger partial charge < -0.3 is 0 Å². The molecule has 1 amide bonds. The quantitative estimate of drug-likeness (QED) is 0.749. The van der Waals surface area contributed by atoms with Gasteiger partial charge in [0, 0.05) is 23.7 Å². The Morgan fingerprint density at radius 3 is 2.67 bits per heavy atom. The summed E-state index contributed by atoms with van der Waals surface area (Å²) in [6.07, 6.45) is 0.449. The molecule has 1 atom stereocenters. The fraction of sp³-hybridized carbons (Fsp3) is 0.200. The van der Waals surface area contributed by atoms with E-state index in [1.54, 1.807) is 12.1 Å². The van der Waals surface area contributed by atoms with Gasteiger partial charge in [0.05, 0.1) is 0 Å². The number of halogens is 2. The molecule has 0 bridgehead atoms. The lowest BCUT2D eigenvalue weighted by Crippen LogP contribution is -2.55. The van der Waals surface area contributed by atoms with Crippen molar-refractivity contribution in [1.29, 1.82) is 0 Å². The van der Waals surface area contributed by atoms with Crippen LogP contribution in [0.25, 0.3) is 0 Å². The molecule has 0 N–H and O–H groups in total. The van der Waals surface area contributed by atoms with Crippen LogP contribution in [0.2, 0.25) is 5.02 Å². The molecule has 0 saturated carbocycles. The first-order valence-corrected chi connectivity index (χ1v) is 9.79. The summed E-state index contributed by atoms with van der Waals surface area (Å²) < 4.78 is 13.3. The van der Waals surface area contributed by atoms with E-state index < -0.39 is 6.04 Å². The van der Waals surface area contributed by atoms with Crippen molar-refractivity contribution in [3.63, 3.8) is 0 Å². The molecule has 0 fully saturated rings. The molecule has 0 aliphatic carbocycles. The summed E-state index contributed by atoms with van der Waals surface area (Å²) in [6.45, 7) is 2.45. The first kappa shape index (κ1) is 18.2. The van der Waals surface area contributed by atoms with Gasteiger partial charge in [-0.1, -0.05) is 53.7 Å². The second-order valence-electron chi connectivity index (χ2n) is 6.46. The van der Waals surface area contributed by atoms with E-state index in [1.807, 2.05) is 46.6 Å². The lowest BCUT2D eigenvalue weighted by atomic mass is 10.0. The number of aliphatic imine (C=N–C) groups is 1. The van der Waals surface area contributed by atoms with Gasteiger partial charge >= 0.3 is 0 Å². The topological polar surface area (TPSA) is 35.9 Å². The lowest BCUT2D eigenvalue weighted by Gasteiger charge is -2.41. The van der Waals surface area contributed by atoms with E-state index in [2.05, 4.69) is 4.99 Å². The number of allylic oxidation sites excluding steroid dienone is 1. The zero-order valence-corrected chi connectivity index (χ0v) is 16.2. The Morgan fingerprint density at radius 2 is 1.93 bits per heavy atom. The maximum atomic E-state index is 13.3. The minimum Gasteiger partial charge on any atom is -0.271 e. The number of carbonyl (C=O) groups is 1. The van der Waals surface area contributed by atoms with Crippen molar-refractivity contribution in [3.05, 3.63) is 81.6 Å². The van der Waals surface area contributed by atoms with Crippen molar-refractivity contribution < 1.29 is 9.18 Å². The molecule has 0 radical (unpaired) electrons. The molecule has 4 rings (SSSR count). The summed E-state index contributed by atoms with van der Waals surface area (Å²) >= 11 is 7.75. The number of benzene rings is 2. The van der Waals surface area contributed by atoms with Gasteiger partial charge in [0.15, 0.2) is 5.17 Å². The Kier molecular flexibility index (Phi) is 5.04. The summed E-state index contributed by atoms with van der Waals surface area (Å²) in [7, 11) is 0. The molecule has 0 aromatic heterocycles. The van der Waals surface area contributed by atoms with E-state index in [9.17, 15) is 9.18 Å². The van der Waals surface area contributed by atoms with Crippen molar-refractivity contribution in [2.24, 2.45) is 4.99 Å². The van der Waals surface area contributed by atoms with Gasteiger partial charge in [-0.05, 0) is 41.7 Å². The van der Waals surface area contributed by atoms with Crippen LogP contribution in [0, 0.1) is 5.82 Å². The lowest BCUT2D eigenvalue weighted by molar-refractivity contribution is -0.130. The predicted molar refractivity (Wildman–Crippen MR) is 107 cm³/mol. The number of thioether (sulfide) groups is 1. The molecule has 0 spiro atoms. The number of amidine groups is 1. The Bertz CT molecular complexity index is 944. The van der Waals surface area contributed by atoms with E-state index in [0.717, 1.165) is 16.8 Å². The Morgan fingerprint density at radius 1 is 1.19 bits per heavy atom. The van der Waals surface area contributed by atoms with Gasteiger partial charge in [-0.25, -0.2) is 4.39 Å². The van der Waals surface area contributed by atoms with Crippen LogP contribution in [0.5, 0.6) is 0 Å². The second-order valence-corrected chi connectivity index (χ2v) is 7.70. The van der Waals surface area contributed by atoms with Crippen LogP contribution < -0.4 is 0 Å². The average Bonchev–Trinajstić information content (AvgIpc) is 3.01. The molecule has 2 aromatic carbocycles. The second kappa shape index (κ2) is 7.46. The van der Waals surface area contributed by atoms with Gasteiger partial charge in [0.1, 0.15) is 11.9 Å². The SMILES string of the molecule is CC1=CSC2=NC(=O)C(Cc3ccccc3Cl)N(Cc3ccc(F)cc3)N12. The van der Waals surface area contributed by atoms with E-state index in [4.69, 9.17) is 11.6 Å². The molecule has 1 unspecified atom stereocenters. The highest BCUT2D eigenvalue weighted by Gasteiger charge is 2.40. The Labute approximate surface area is 166 Å². The highest BCUT2D eigenvalue weighted by atomic mass is 35.5. The highest BCUT2D eigenvalue weighted by Crippen LogP contribution is 2.34. The van der Waals surface area contributed by atoms with Gasteiger partial charge in [0.2, 0.25) is 0 Å². The zero-order valence-electron chi connectivity index (χ0n) is 14.6. The van der Waals surface area contributed by atoms with Crippen LogP contribution in [-0.4, -0.2) is 27.1 Å². The van der Waals surface area contributed by atoms with Crippen molar-refractivity contribution in [3.8, 4) is 0 Å². The summed E-state index contributed by atoms with van der Waals surface area (Å²) in [5.74, 6) is -0.477. The van der Waals surface area contributed by atoms with Gasteiger partial charge in [-0.2, -0.15) is 10.0 Å². The maximum Gasteiger partial charge on any atom is 0.267 e. The van der Waals surface area contributed by atoms with E-state index in [-0.39, 0.29) is 11.7 Å². The molecule has 2 aliphatic rings. The Balaban J connectivity index is 1.70. The van der Waals surface area contributed by atoms with Crippen molar-refractivity contribution >= 4 is 34.4 Å². The molecule has 7 heteroatoms. The maximum absolute atomic E-state index is 13.3. The van der Waals surface area contributed by atoms with Crippen molar-refractivity contribution in [2.45, 2.75) is 25.9 Å². The van der Waals surface area contributed by atoms with E-state index >= 15 is 0 Å². The minimum atomic E-state index is -0.485. The van der Waals surface area contributed by atoms with E-state index in [1.165, 1.54) is 23.9 Å². The first-order chi connectivity index (χ1) is 13.0. The zero-order chi connectivity index (χ0) is 19.0. The fourth-order valence-corrected chi connectivity index (χ4v) is 4.31.